The number of carbonyl (C=O) groups is 1. The van der Waals surface area contributed by atoms with Crippen molar-refractivity contribution in [1.29, 1.82) is 5.26 Å². The van der Waals surface area contributed by atoms with E-state index in [-0.39, 0.29) is 0 Å². The Morgan fingerprint density at radius 1 is 1.27 bits per heavy atom. The average Bonchev–Trinajstić information content (AvgIpc) is 2.87. The van der Waals surface area contributed by atoms with Crippen LogP contribution in [-0.4, -0.2) is 10.5 Å². The van der Waals surface area contributed by atoms with E-state index >= 15 is 0 Å². The van der Waals surface area contributed by atoms with Gasteiger partial charge in [0, 0.05) is 17.4 Å². The third-order valence-electron chi connectivity index (χ3n) is 4.17. The second-order valence-corrected chi connectivity index (χ2v) is 5.42. The van der Waals surface area contributed by atoms with Crippen LogP contribution >= 0.6 is 0 Å². The van der Waals surface area contributed by atoms with Crippen molar-refractivity contribution in [2.24, 2.45) is 5.73 Å². The fourth-order valence-corrected chi connectivity index (χ4v) is 2.93. The van der Waals surface area contributed by atoms with Gasteiger partial charge >= 0.3 is 0 Å². The summed E-state index contributed by atoms with van der Waals surface area (Å²) in [7, 11) is 0. The number of benzene rings is 1. The zero-order valence-electron chi connectivity index (χ0n) is 13.3. The number of rotatable bonds is 5. The summed E-state index contributed by atoms with van der Waals surface area (Å²) in [5, 5.41) is 8.92. The Kier molecular flexibility index (Phi) is 4.67. The number of amides is 1. The Morgan fingerprint density at radius 2 is 1.86 bits per heavy atom. The van der Waals surface area contributed by atoms with Crippen LogP contribution in [0, 0.1) is 18.3 Å². The summed E-state index contributed by atoms with van der Waals surface area (Å²) in [6, 6.07) is 11.7. The minimum Gasteiger partial charge on any atom is -0.366 e. The Hall–Kier alpha value is -2.54. The highest BCUT2D eigenvalue weighted by Crippen LogP contribution is 2.32. The van der Waals surface area contributed by atoms with Crippen molar-refractivity contribution in [2.45, 2.75) is 39.7 Å². The minimum absolute atomic E-state index is 0.318. The number of hydrogen-bond acceptors (Lipinski definition) is 2. The molecule has 1 aromatic carbocycles. The third kappa shape index (κ3) is 2.75. The van der Waals surface area contributed by atoms with Crippen molar-refractivity contribution in [3.63, 3.8) is 0 Å². The second kappa shape index (κ2) is 6.48. The van der Waals surface area contributed by atoms with Gasteiger partial charge in [-0.1, -0.05) is 26.0 Å². The summed E-state index contributed by atoms with van der Waals surface area (Å²) in [5.41, 5.74) is 9.56. The summed E-state index contributed by atoms with van der Waals surface area (Å²) in [5.74, 6) is -0.405. The van der Waals surface area contributed by atoms with Gasteiger partial charge in [-0.25, -0.2) is 0 Å². The van der Waals surface area contributed by atoms with Gasteiger partial charge < -0.3 is 10.3 Å². The van der Waals surface area contributed by atoms with Gasteiger partial charge in [0.1, 0.15) is 0 Å². The normalized spacial score (nSPS) is 10.7. The van der Waals surface area contributed by atoms with Crippen LogP contribution in [-0.2, 0) is 0 Å². The molecular formula is C18H21N3O. The van der Waals surface area contributed by atoms with E-state index in [1.54, 1.807) is 12.1 Å². The van der Waals surface area contributed by atoms with Gasteiger partial charge in [0.25, 0.3) is 5.91 Å². The maximum absolute atomic E-state index is 11.7. The standard InChI is InChI=1S/C18H21N3O/c1-4-15(5-2)21-12(3)16(18(20)22)10-17(21)14-8-6-13(11-19)7-9-14/h6-10,15H,4-5H2,1-3H3,(H2,20,22). The lowest BCUT2D eigenvalue weighted by atomic mass is 10.1. The molecule has 4 nitrogen and oxygen atoms in total. The molecule has 0 saturated heterocycles. The van der Waals surface area contributed by atoms with Crippen molar-refractivity contribution in [3.8, 4) is 17.3 Å². The lowest BCUT2D eigenvalue weighted by molar-refractivity contribution is 0.0999. The molecule has 4 heteroatoms. The predicted octanol–water partition coefficient (Wildman–Crippen LogP) is 3.80. The van der Waals surface area contributed by atoms with Crippen LogP contribution in [0.15, 0.2) is 30.3 Å². The number of primary amides is 1. The summed E-state index contributed by atoms with van der Waals surface area (Å²) < 4.78 is 2.20. The van der Waals surface area contributed by atoms with Gasteiger partial charge in [-0.05, 0) is 43.5 Å². The first-order valence-corrected chi connectivity index (χ1v) is 7.55. The summed E-state index contributed by atoms with van der Waals surface area (Å²) in [6.07, 6.45) is 1.96. The van der Waals surface area contributed by atoms with E-state index in [9.17, 15) is 4.79 Å². The molecule has 0 aliphatic heterocycles. The largest absolute Gasteiger partial charge is 0.366 e. The van der Waals surface area contributed by atoms with Crippen LogP contribution in [0.25, 0.3) is 11.3 Å². The van der Waals surface area contributed by atoms with E-state index in [0.29, 0.717) is 17.2 Å². The van der Waals surface area contributed by atoms with E-state index in [2.05, 4.69) is 24.5 Å². The number of carbonyl (C=O) groups excluding carboxylic acids is 1. The molecule has 0 saturated carbocycles. The van der Waals surface area contributed by atoms with Crippen LogP contribution in [0.1, 0.15) is 54.3 Å². The van der Waals surface area contributed by atoms with Gasteiger partial charge in [-0.2, -0.15) is 5.26 Å². The summed E-state index contributed by atoms with van der Waals surface area (Å²) in [6.45, 7) is 6.21. The van der Waals surface area contributed by atoms with E-state index in [1.165, 1.54) is 0 Å². The highest BCUT2D eigenvalue weighted by molar-refractivity contribution is 5.95. The fraction of sp³-hybridized carbons (Fsp3) is 0.333. The molecular weight excluding hydrogens is 274 g/mol. The molecule has 2 rings (SSSR count). The number of nitriles is 1. The topological polar surface area (TPSA) is 71.8 Å². The Bertz CT molecular complexity index is 716. The first-order valence-electron chi connectivity index (χ1n) is 7.55. The molecule has 22 heavy (non-hydrogen) atoms. The molecule has 0 unspecified atom stereocenters. The first kappa shape index (κ1) is 15.8. The van der Waals surface area contributed by atoms with Crippen molar-refractivity contribution < 1.29 is 4.79 Å². The molecule has 2 aromatic rings. The molecule has 0 bridgehead atoms. The van der Waals surface area contributed by atoms with Gasteiger partial charge in [-0.15, -0.1) is 0 Å². The van der Waals surface area contributed by atoms with Crippen LogP contribution in [0.3, 0.4) is 0 Å². The third-order valence-corrected chi connectivity index (χ3v) is 4.17. The molecule has 0 aliphatic carbocycles. The quantitative estimate of drug-likeness (QED) is 0.911. The van der Waals surface area contributed by atoms with Gasteiger partial charge in [0.2, 0.25) is 0 Å². The van der Waals surface area contributed by atoms with Crippen molar-refractivity contribution >= 4 is 5.91 Å². The molecule has 1 heterocycles. The Labute approximate surface area is 131 Å². The molecule has 1 amide bonds. The zero-order chi connectivity index (χ0) is 16.3. The number of nitrogens with zero attached hydrogens (tertiary/aromatic N) is 2. The Morgan fingerprint density at radius 3 is 2.32 bits per heavy atom. The van der Waals surface area contributed by atoms with E-state index in [0.717, 1.165) is 29.8 Å². The lowest BCUT2D eigenvalue weighted by Crippen LogP contribution is -2.14. The molecule has 0 radical (unpaired) electrons. The van der Waals surface area contributed by atoms with Crippen LogP contribution in [0.2, 0.25) is 0 Å². The van der Waals surface area contributed by atoms with Crippen LogP contribution < -0.4 is 5.73 Å². The molecule has 0 fully saturated rings. The van der Waals surface area contributed by atoms with Crippen molar-refractivity contribution in [1.82, 2.24) is 4.57 Å². The van der Waals surface area contributed by atoms with Crippen LogP contribution in [0.4, 0.5) is 0 Å². The van der Waals surface area contributed by atoms with Crippen molar-refractivity contribution in [2.75, 3.05) is 0 Å². The number of hydrogen-bond donors (Lipinski definition) is 1. The Balaban J connectivity index is 2.64. The van der Waals surface area contributed by atoms with Crippen molar-refractivity contribution in [3.05, 3.63) is 47.2 Å². The highest BCUT2D eigenvalue weighted by atomic mass is 16.1. The van der Waals surface area contributed by atoms with Gasteiger partial charge in [0.15, 0.2) is 0 Å². The maximum Gasteiger partial charge on any atom is 0.250 e. The molecule has 0 spiro atoms. The first-order chi connectivity index (χ1) is 10.5. The monoisotopic (exact) mass is 295 g/mol. The van der Waals surface area contributed by atoms with E-state index < -0.39 is 5.91 Å². The molecule has 114 valence electrons. The predicted molar refractivity (Wildman–Crippen MR) is 87.5 cm³/mol. The van der Waals surface area contributed by atoms with Gasteiger partial charge in [0.05, 0.1) is 17.2 Å². The van der Waals surface area contributed by atoms with E-state index in [4.69, 9.17) is 11.0 Å². The molecule has 2 N–H and O–H groups in total. The summed E-state index contributed by atoms with van der Waals surface area (Å²) in [4.78, 5) is 11.7. The SMILES string of the molecule is CCC(CC)n1c(-c2ccc(C#N)cc2)cc(C(N)=O)c1C. The lowest BCUT2D eigenvalue weighted by Gasteiger charge is -2.21. The van der Waals surface area contributed by atoms with Crippen LogP contribution in [0.5, 0.6) is 0 Å². The van der Waals surface area contributed by atoms with E-state index in [1.807, 2.05) is 25.1 Å². The maximum atomic E-state index is 11.7. The molecule has 0 atom stereocenters. The number of aromatic nitrogens is 1. The highest BCUT2D eigenvalue weighted by Gasteiger charge is 2.20. The fourth-order valence-electron chi connectivity index (χ4n) is 2.93. The molecule has 0 aliphatic rings. The zero-order valence-corrected chi connectivity index (χ0v) is 13.3. The minimum atomic E-state index is -0.405. The second-order valence-electron chi connectivity index (χ2n) is 5.42. The average molecular weight is 295 g/mol. The molecule has 1 aromatic heterocycles. The summed E-state index contributed by atoms with van der Waals surface area (Å²) >= 11 is 0. The smallest absolute Gasteiger partial charge is 0.250 e. The van der Waals surface area contributed by atoms with Gasteiger partial charge in [-0.3, -0.25) is 4.79 Å². The number of nitrogens with two attached hydrogens (primary N) is 1.